The minimum Gasteiger partial charge on any atom is -0.496 e. The van der Waals surface area contributed by atoms with Crippen LogP contribution in [0.2, 0.25) is 0 Å². The van der Waals surface area contributed by atoms with Crippen molar-refractivity contribution in [2.24, 2.45) is 0 Å². The molecule has 2 aromatic carbocycles. The van der Waals surface area contributed by atoms with E-state index in [0.29, 0.717) is 18.0 Å². The van der Waals surface area contributed by atoms with E-state index in [-0.39, 0.29) is 23.3 Å². The maximum Gasteiger partial charge on any atom is 0.319 e. The number of likely N-dealkylation sites (tertiary alicyclic amines) is 1. The Morgan fingerprint density at radius 2 is 1.97 bits per heavy atom. The summed E-state index contributed by atoms with van der Waals surface area (Å²) in [5, 5.41) is 16.4. The molecule has 32 heavy (non-hydrogen) atoms. The van der Waals surface area contributed by atoms with Gasteiger partial charge in [0.25, 0.3) is 5.69 Å². The molecule has 1 heterocycles. The molecule has 9 nitrogen and oxygen atoms in total. The molecule has 0 aromatic heterocycles. The monoisotopic (exact) mass is 446 g/mol. The van der Waals surface area contributed by atoms with Crippen molar-refractivity contribution < 1.29 is 23.6 Å². The van der Waals surface area contributed by atoms with Gasteiger partial charge in [0, 0.05) is 19.6 Å². The van der Waals surface area contributed by atoms with E-state index in [4.69, 9.17) is 9.47 Å². The molecule has 0 saturated carbocycles. The lowest BCUT2D eigenvalue weighted by Crippen LogP contribution is -2.30. The van der Waals surface area contributed by atoms with Crippen molar-refractivity contribution >= 4 is 17.4 Å². The Hall–Kier alpha value is -3.40. The number of nitrogens with one attached hydrogen (secondary N) is 2. The third kappa shape index (κ3) is 6.81. The summed E-state index contributed by atoms with van der Waals surface area (Å²) in [6.07, 6.45) is 2.67. The number of nitro groups is 1. The molecule has 0 bridgehead atoms. The van der Waals surface area contributed by atoms with Crippen LogP contribution >= 0.6 is 0 Å². The summed E-state index contributed by atoms with van der Waals surface area (Å²) in [6.45, 7) is 3.09. The lowest BCUT2D eigenvalue weighted by molar-refractivity contribution is -0.384. The number of unbranched alkanes of at least 4 members (excludes halogenated alkanes) is 1. The van der Waals surface area contributed by atoms with E-state index in [1.165, 1.54) is 31.4 Å². The van der Waals surface area contributed by atoms with Crippen molar-refractivity contribution in [3.05, 3.63) is 58.4 Å². The van der Waals surface area contributed by atoms with Gasteiger partial charge in [-0.05, 0) is 62.2 Å². The highest BCUT2D eigenvalue weighted by Gasteiger charge is 2.23. The predicted octanol–water partition coefficient (Wildman–Crippen LogP) is 3.80. The molecule has 2 amide bonds. The molecule has 1 aliphatic heterocycles. The molecule has 0 aliphatic carbocycles. The minimum atomic E-state index is -0.568. The molecule has 3 rings (SSSR count). The average Bonchev–Trinajstić information content (AvgIpc) is 3.22. The van der Waals surface area contributed by atoms with Crippen LogP contribution in [0.4, 0.5) is 20.6 Å². The molecule has 172 valence electrons. The van der Waals surface area contributed by atoms with E-state index in [0.717, 1.165) is 38.9 Å². The number of hydrogen-bond donors (Lipinski definition) is 2. The zero-order chi connectivity index (χ0) is 22.9. The van der Waals surface area contributed by atoms with Crippen LogP contribution in [0.25, 0.3) is 0 Å². The second kappa shape index (κ2) is 11.3. The van der Waals surface area contributed by atoms with Gasteiger partial charge in [-0.1, -0.05) is 0 Å². The molecule has 1 aliphatic rings. The van der Waals surface area contributed by atoms with Crippen molar-refractivity contribution in [1.82, 2.24) is 10.2 Å². The van der Waals surface area contributed by atoms with Crippen molar-refractivity contribution in [2.75, 3.05) is 38.6 Å². The van der Waals surface area contributed by atoms with E-state index in [9.17, 15) is 19.3 Å². The third-order valence-corrected chi connectivity index (χ3v) is 5.18. The first-order valence-electron chi connectivity index (χ1n) is 10.5. The SMILES string of the molecule is COc1ccc(NC(=O)NCCCCN2CCC(Oc3ccc(F)cc3)C2)c([N+](=O)[O-])c1. The molecule has 0 radical (unpaired) electrons. The van der Waals surface area contributed by atoms with Crippen molar-refractivity contribution in [2.45, 2.75) is 25.4 Å². The van der Waals surface area contributed by atoms with Crippen molar-refractivity contribution in [3.63, 3.8) is 0 Å². The highest BCUT2D eigenvalue weighted by atomic mass is 19.1. The smallest absolute Gasteiger partial charge is 0.319 e. The first kappa shape index (κ1) is 23.3. The standard InChI is InChI=1S/C22H27FN4O5/c1-31-18-8-9-20(21(14-18)27(29)30)25-22(28)24-11-2-3-12-26-13-10-19(15-26)32-17-6-4-16(23)5-7-17/h4-9,14,19H,2-3,10-13,15H2,1H3,(H2,24,25,28). The number of ether oxygens (including phenoxy) is 2. The Labute approximate surface area is 185 Å². The lowest BCUT2D eigenvalue weighted by Gasteiger charge is -2.17. The number of nitro benzene ring substituents is 1. The number of carbonyl (C=O) groups excluding carboxylic acids is 1. The summed E-state index contributed by atoms with van der Waals surface area (Å²) < 4.78 is 23.8. The summed E-state index contributed by atoms with van der Waals surface area (Å²) in [4.78, 5) is 25.0. The van der Waals surface area contributed by atoms with E-state index in [1.807, 2.05) is 0 Å². The van der Waals surface area contributed by atoms with Gasteiger partial charge in [-0.3, -0.25) is 15.0 Å². The van der Waals surface area contributed by atoms with Crippen LogP contribution in [0.3, 0.4) is 0 Å². The van der Waals surface area contributed by atoms with Crippen LogP contribution in [0.1, 0.15) is 19.3 Å². The molecule has 1 saturated heterocycles. The van der Waals surface area contributed by atoms with Gasteiger partial charge < -0.3 is 20.1 Å². The highest BCUT2D eigenvalue weighted by molar-refractivity contribution is 5.91. The number of nitrogens with zero attached hydrogens (tertiary/aromatic N) is 2. The number of urea groups is 1. The Balaban J connectivity index is 1.32. The molecular formula is C22H27FN4O5. The molecule has 1 atom stereocenters. The van der Waals surface area contributed by atoms with Gasteiger partial charge in [0.1, 0.15) is 29.1 Å². The number of rotatable bonds is 10. The first-order chi connectivity index (χ1) is 15.4. The summed E-state index contributed by atoms with van der Waals surface area (Å²) in [5.74, 6) is 0.732. The Morgan fingerprint density at radius 1 is 1.22 bits per heavy atom. The van der Waals surface area contributed by atoms with Gasteiger partial charge in [0.2, 0.25) is 0 Å². The second-order valence-corrected chi connectivity index (χ2v) is 7.51. The molecular weight excluding hydrogens is 419 g/mol. The van der Waals surface area contributed by atoms with Crippen LogP contribution < -0.4 is 20.1 Å². The Bertz CT molecular complexity index is 925. The van der Waals surface area contributed by atoms with E-state index >= 15 is 0 Å². The Morgan fingerprint density at radius 3 is 2.69 bits per heavy atom. The van der Waals surface area contributed by atoms with Gasteiger partial charge in [-0.2, -0.15) is 0 Å². The zero-order valence-electron chi connectivity index (χ0n) is 17.9. The van der Waals surface area contributed by atoms with Crippen LogP contribution in [0.15, 0.2) is 42.5 Å². The van der Waals surface area contributed by atoms with Gasteiger partial charge >= 0.3 is 6.03 Å². The van der Waals surface area contributed by atoms with E-state index < -0.39 is 11.0 Å². The van der Waals surface area contributed by atoms with Crippen LogP contribution in [-0.4, -0.2) is 55.2 Å². The van der Waals surface area contributed by atoms with E-state index in [2.05, 4.69) is 15.5 Å². The first-order valence-corrected chi connectivity index (χ1v) is 10.5. The van der Waals surface area contributed by atoms with Crippen LogP contribution in [-0.2, 0) is 0 Å². The van der Waals surface area contributed by atoms with Crippen LogP contribution in [0.5, 0.6) is 11.5 Å². The third-order valence-electron chi connectivity index (χ3n) is 5.18. The summed E-state index contributed by atoms with van der Waals surface area (Å²) in [6, 6.07) is 9.80. The minimum absolute atomic E-state index is 0.0876. The fourth-order valence-corrected chi connectivity index (χ4v) is 3.53. The van der Waals surface area contributed by atoms with Crippen LogP contribution in [0, 0.1) is 15.9 Å². The fourth-order valence-electron chi connectivity index (χ4n) is 3.53. The number of carbonyl (C=O) groups is 1. The number of amides is 2. The molecule has 0 spiro atoms. The van der Waals surface area contributed by atoms with Gasteiger partial charge in [0.05, 0.1) is 18.1 Å². The predicted molar refractivity (Wildman–Crippen MR) is 118 cm³/mol. The summed E-state index contributed by atoms with van der Waals surface area (Å²) >= 11 is 0. The number of anilines is 1. The highest BCUT2D eigenvalue weighted by Crippen LogP contribution is 2.28. The molecule has 2 aromatic rings. The fraction of sp³-hybridized carbons (Fsp3) is 0.409. The largest absolute Gasteiger partial charge is 0.496 e. The van der Waals surface area contributed by atoms with Crippen molar-refractivity contribution in [1.29, 1.82) is 0 Å². The number of halogens is 1. The molecule has 10 heteroatoms. The van der Waals surface area contributed by atoms with Crippen molar-refractivity contribution in [3.8, 4) is 11.5 Å². The molecule has 1 fully saturated rings. The average molecular weight is 446 g/mol. The van der Waals surface area contributed by atoms with Gasteiger partial charge in [-0.25, -0.2) is 9.18 Å². The van der Waals surface area contributed by atoms with E-state index in [1.54, 1.807) is 18.2 Å². The zero-order valence-corrected chi connectivity index (χ0v) is 17.9. The van der Waals surface area contributed by atoms with Gasteiger partial charge in [-0.15, -0.1) is 0 Å². The maximum atomic E-state index is 13.0. The number of hydrogen-bond acceptors (Lipinski definition) is 6. The lowest BCUT2D eigenvalue weighted by atomic mass is 10.2. The summed E-state index contributed by atoms with van der Waals surface area (Å²) in [7, 11) is 1.42. The number of benzene rings is 2. The maximum absolute atomic E-state index is 13.0. The number of methoxy groups -OCH3 is 1. The van der Waals surface area contributed by atoms with Gasteiger partial charge in [0.15, 0.2) is 0 Å². The Kier molecular flexibility index (Phi) is 8.20. The molecule has 1 unspecified atom stereocenters. The topological polar surface area (TPSA) is 106 Å². The normalized spacial score (nSPS) is 15.9. The second-order valence-electron chi connectivity index (χ2n) is 7.51. The quantitative estimate of drug-likeness (QED) is 0.327. The summed E-state index contributed by atoms with van der Waals surface area (Å²) in [5.41, 5.74) is -0.122. The molecule has 2 N–H and O–H groups in total.